The summed E-state index contributed by atoms with van der Waals surface area (Å²) in [7, 11) is 0. The van der Waals surface area contributed by atoms with Crippen LogP contribution in [-0.4, -0.2) is 29.8 Å². The Kier molecular flexibility index (Phi) is 4.74. The molecule has 0 spiro atoms. The zero-order chi connectivity index (χ0) is 14.5. The summed E-state index contributed by atoms with van der Waals surface area (Å²) in [5.74, 6) is -0.227. The molecule has 0 aromatic heterocycles. The topological polar surface area (TPSA) is 89.4 Å². The molecule has 1 aromatic rings. The quantitative estimate of drug-likeness (QED) is 0.851. The maximum absolute atomic E-state index is 12.4. The third-order valence-electron chi connectivity index (χ3n) is 3.75. The van der Waals surface area contributed by atoms with Crippen molar-refractivity contribution in [2.75, 3.05) is 13.1 Å². The van der Waals surface area contributed by atoms with E-state index in [0.29, 0.717) is 19.5 Å². The first-order valence-electron chi connectivity index (χ1n) is 6.95. The van der Waals surface area contributed by atoms with Gasteiger partial charge in [-0.2, -0.15) is 0 Å². The minimum atomic E-state index is -0.636. The molecule has 1 fully saturated rings. The molecule has 4 N–H and O–H groups in total. The molecule has 0 unspecified atom stereocenters. The van der Waals surface area contributed by atoms with E-state index in [4.69, 9.17) is 11.5 Å². The fraction of sp³-hybridized carbons (Fsp3) is 0.467. The van der Waals surface area contributed by atoms with Gasteiger partial charge >= 0.3 is 0 Å². The van der Waals surface area contributed by atoms with Gasteiger partial charge < -0.3 is 16.4 Å². The number of nitrogens with zero attached hydrogens (tertiary/aromatic N) is 1. The van der Waals surface area contributed by atoms with Crippen LogP contribution in [0.3, 0.4) is 0 Å². The van der Waals surface area contributed by atoms with Crippen LogP contribution >= 0.6 is 0 Å². The Hall–Kier alpha value is -1.88. The molecule has 1 aliphatic heterocycles. The number of rotatable bonds is 4. The Morgan fingerprint density at radius 3 is 2.65 bits per heavy atom. The third-order valence-corrected chi connectivity index (χ3v) is 3.75. The number of piperidine rings is 1. The van der Waals surface area contributed by atoms with Crippen LogP contribution in [0.25, 0.3) is 0 Å². The molecule has 1 heterocycles. The molecule has 5 nitrogen and oxygen atoms in total. The van der Waals surface area contributed by atoms with Gasteiger partial charge in [0.2, 0.25) is 11.8 Å². The second kappa shape index (κ2) is 6.52. The molecule has 1 aliphatic rings. The normalized spacial score (nSPS) is 20.4. The lowest BCUT2D eigenvalue weighted by atomic mass is 9.93. The highest BCUT2D eigenvalue weighted by Crippen LogP contribution is 2.22. The van der Waals surface area contributed by atoms with Gasteiger partial charge in [-0.05, 0) is 24.3 Å². The molecule has 2 rings (SSSR count). The van der Waals surface area contributed by atoms with Crippen molar-refractivity contribution in [3.05, 3.63) is 35.9 Å². The van der Waals surface area contributed by atoms with E-state index in [-0.39, 0.29) is 17.7 Å². The Morgan fingerprint density at radius 1 is 1.30 bits per heavy atom. The number of hydrogen-bond acceptors (Lipinski definition) is 3. The first-order chi connectivity index (χ1) is 9.58. The van der Waals surface area contributed by atoms with E-state index >= 15 is 0 Å². The molecular weight excluding hydrogens is 254 g/mol. The summed E-state index contributed by atoms with van der Waals surface area (Å²) in [5, 5.41) is 0. The predicted octanol–water partition coefficient (Wildman–Crippen LogP) is 0.800. The lowest BCUT2D eigenvalue weighted by Crippen LogP contribution is -2.45. The van der Waals surface area contributed by atoms with Crippen LogP contribution in [0.1, 0.15) is 30.9 Å². The molecule has 0 radical (unpaired) electrons. The molecular formula is C15H21N3O2. The summed E-state index contributed by atoms with van der Waals surface area (Å²) in [6, 6.07) is 8.71. The largest absolute Gasteiger partial charge is 0.370 e. The Labute approximate surface area is 118 Å². The van der Waals surface area contributed by atoms with Gasteiger partial charge in [-0.3, -0.25) is 9.59 Å². The van der Waals surface area contributed by atoms with Crippen molar-refractivity contribution in [3.63, 3.8) is 0 Å². The minimum absolute atomic E-state index is 0.0784. The molecule has 0 bridgehead atoms. The first-order valence-corrected chi connectivity index (χ1v) is 6.95. The number of likely N-dealkylation sites (tertiary alicyclic amines) is 1. The lowest BCUT2D eigenvalue weighted by Gasteiger charge is -2.34. The summed E-state index contributed by atoms with van der Waals surface area (Å²) in [6.45, 7) is 1.27. The molecule has 1 aromatic carbocycles. The summed E-state index contributed by atoms with van der Waals surface area (Å²) in [4.78, 5) is 25.2. The predicted molar refractivity (Wildman–Crippen MR) is 76.5 cm³/mol. The molecule has 108 valence electrons. The second-order valence-electron chi connectivity index (χ2n) is 5.35. The van der Waals surface area contributed by atoms with Crippen molar-refractivity contribution >= 4 is 11.8 Å². The van der Waals surface area contributed by atoms with Gasteiger partial charge in [0.15, 0.2) is 0 Å². The van der Waals surface area contributed by atoms with E-state index < -0.39 is 6.04 Å². The summed E-state index contributed by atoms with van der Waals surface area (Å²) >= 11 is 0. The van der Waals surface area contributed by atoms with Crippen LogP contribution in [0.15, 0.2) is 30.3 Å². The number of carbonyl (C=O) groups excluding carboxylic acids is 2. The lowest BCUT2D eigenvalue weighted by molar-refractivity contribution is -0.135. The van der Waals surface area contributed by atoms with Crippen molar-refractivity contribution in [2.45, 2.75) is 25.3 Å². The number of primary amides is 1. The van der Waals surface area contributed by atoms with Gasteiger partial charge in [0.05, 0.1) is 0 Å². The van der Waals surface area contributed by atoms with Gasteiger partial charge in [-0.25, -0.2) is 0 Å². The van der Waals surface area contributed by atoms with Gasteiger partial charge in [0, 0.05) is 19.5 Å². The van der Waals surface area contributed by atoms with Crippen molar-refractivity contribution in [2.24, 2.45) is 17.4 Å². The van der Waals surface area contributed by atoms with Crippen molar-refractivity contribution < 1.29 is 9.59 Å². The fourth-order valence-corrected chi connectivity index (χ4v) is 2.72. The van der Waals surface area contributed by atoms with Crippen molar-refractivity contribution in [3.8, 4) is 0 Å². The van der Waals surface area contributed by atoms with Crippen LogP contribution in [-0.2, 0) is 9.59 Å². The number of hydrogen-bond donors (Lipinski definition) is 2. The fourth-order valence-electron chi connectivity index (χ4n) is 2.72. The van der Waals surface area contributed by atoms with Crippen LogP contribution in [0.5, 0.6) is 0 Å². The molecule has 20 heavy (non-hydrogen) atoms. The first kappa shape index (κ1) is 14.5. The summed E-state index contributed by atoms with van der Waals surface area (Å²) in [6.07, 6.45) is 2.17. The van der Waals surface area contributed by atoms with Crippen molar-refractivity contribution in [1.82, 2.24) is 4.90 Å². The van der Waals surface area contributed by atoms with E-state index in [2.05, 4.69) is 0 Å². The minimum Gasteiger partial charge on any atom is -0.370 e. The highest BCUT2D eigenvalue weighted by Gasteiger charge is 2.28. The van der Waals surface area contributed by atoms with Gasteiger partial charge in [0.25, 0.3) is 0 Å². The Balaban J connectivity index is 1.99. The summed E-state index contributed by atoms with van der Waals surface area (Å²) in [5.41, 5.74) is 12.1. The SMILES string of the molecule is NC(=O)C[C@H]1CCCN(C(=O)[C@H](N)c2ccccc2)C1. The van der Waals surface area contributed by atoms with Gasteiger partial charge in [-0.15, -0.1) is 0 Å². The van der Waals surface area contributed by atoms with E-state index in [0.717, 1.165) is 18.4 Å². The molecule has 5 heteroatoms. The number of nitrogens with two attached hydrogens (primary N) is 2. The summed E-state index contributed by atoms with van der Waals surface area (Å²) < 4.78 is 0. The second-order valence-corrected chi connectivity index (χ2v) is 5.35. The average Bonchev–Trinajstić information content (AvgIpc) is 2.46. The molecule has 0 saturated carbocycles. The van der Waals surface area contributed by atoms with E-state index in [1.165, 1.54) is 0 Å². The number of amides is 2. The van der Waals surface area contributed by atoms with Gasteiger partial charge in [0.1, 0.15) is 6.04 Å². The maximum atomic E-state index is 12.4. The third kappa shape index (κ3) is 3.57. The van der Waals surface area contributed by atoms with E-state index in [1.54, 1.807) is 4.90 Å². The Bertz CT molecular complexity index is 475. The zero-order valence-corrected chi connectivity index (χ0v) is 11.5. The molecule has 0 aliphatic carbocycles. The highest BCUT2D eigenvalue weighted by atomic mass is 16.2. The monoisotopic (exact) mass is 275 g/mol. The maximum Gasteiger partial charge on any atom is 0.244 e. The van der Waals surface area contributed by atoms with Crippen LogP contribution in [0.4, 0.5) is 0 Å². The molecule has 1 saturated heterocycles. The zero-order valence-electron chi connectivity index (χ0n) is 11.5. The molecule has 2 atom stereocenters. The van der Waals surface area contributed by atoms with Crippen LogP contribution < -0.4 is 11.5 Å². The van der Waals surface area contributed by atoms with E-state index in [1.807, 2.05) is 30.3 Å². The molecule has 2 amide bonds. The highest BCUT2D eigenvalue weighted by molar-refractivity contribution is 5.83. The van der Waals surface area contributed by atoms with E-state index in [9.17, 15) is 9.59 Å². The van der Waals surface area contributed by atoms with Gasteiger partial charge in [-0.1, -0.05) is 30.3 Å². The average molecular weight is 275 g/mol. The smallest absolute Gasteiger partial charge is 0.244 e. The standard InChI is InChI=1S/C15H21N3O2/c16-13(19)9-11-5-4-8-18(10-11)15(20)14(17)12-6-2-1-3-7-12/h1-3,6-7,11,14H,4-5,8-10,17H2,(H2,16,19)/t11-,14-/m1/s1. The number of benzene rings is 1. The number of carbonyl (C=O) groups is 2. The van der Waals surface area contributed by atoms with Crippen LogP contribution in [0.2, 0.25) is 0 Å². The Morgan fingerprint density at radius 2 is 2.00 bits per heavy atom. The van der Waals surface area contributed by atoms with Crippen molar-refractivity contribution in [1.29, 1.82) is 0 Å². The van der Waals surface area contributed by atoms with Crippen LogP contribution in [0, 0.1) is 5.92 Å².